The predicted molar refractivity (Wildman–Crippen MR) is 72.1 cm³/mol. The zero-order valence-electron chi connectivity index (χ0n) is 11.6. The Hall–Kier alpha value is -1.67. The number of nitrogens with zero attached hydrogens (tertiary/aromatic N) is 3. The van der Waals surface area contributed by atoms with Gasteiger partial charge in [0.15, 0.2) is 11.5 Å². The summed E-state index contributed by atoms with van der Waals surface area (Å²) in [6.45, 7) is 5.78. The first kappa shape index (κ1) is 13.8. The summed E-state index contributed by atoms with van der Waals surface area (Å²) >= 11 is 0. The third-order valence-electron chi connectivity index (χ3n) is 3.41. The number of hydrogen-bond acceptors (Lipinski definition) is 4. The van der Waals surface area contributed by atoms with Crippen molar-refractivity contribution in [2.24, 2.45) is 0 Å². The van der Waals surface area contributed by atoms with Crippen molar-refractivity contribution < 1.29 is 4.79 Å². The number of ketones is 1. The van der Waals surface area contributed by atoms with Crippen LogP contribution in [0.1, 0.15) is 60.9 Å². The molecule has 0 fully saturated rings. The molecule has 1 aliphatic rings. The molecule has 1 aromatic rings. The second kappa shape index (κ2) is 5.98. The van der Waals surface area contributed by atoms with Gasteiger partial charge >= 0.3 is 0 Å². The molecule has 102 valence electrons. The highest BCUT2D eigenvalue weighted by Gasteiger charge is 2.24. The maximum atomic E-state index is 12.4. The molecule has 0 saturated carbocycles. The van der Waals surface area contributed by atoms with Crippen molar-refractivity contribution >= 4 is 5.78 Å². The van der Waals surface area contributed by atoms with Crippen LogP contribution in [0.3, 0.4) is 0 Å². The van der Waals surface area contributed by atoms with Crippen molar-refractivity contribution in [2.45, 2.75) is 45.6 Å². The summed E-state index contributed by atoms with van der Waals surface area (Å²) in [4.78, 5) is 12.4. The SMILES string of the molecule is CC(C)n1nc(C#N)c2c1C(=O)CCCNCCC2. The van der Waals surface area contributed by atoms with Gasteiger partial charge < -0.3 is 5.32 Å². The lowest BCUT2D eigenvalue weighted by Crippen LogP contribution is -2.21. The highest BCUT2D eigenvalue weighted by Crippen LogP contribution is 2.22. The molecule has 2 rings (SSSR count). The van der Waals surface area contributed by atoms with Crippen molar-refractivity contribution in [1.82, 2.24) is 15.1 Å². The number of rotatable bonds is 1. The third kappa shape index (κ3) is 2.85. The first-order valence-corrected chi connectivity index (χ1v) is 6.90. The van der Waals surface area contributed by atoms with Gasteiger partial charge in [-0.15, -0.1) is 0 Å². The topological polar surface area (TPSA) is 70.7 Å². The Bertz CT molecular complexity index is 510. The fraction of sp³-hybridized carbons (Fsp3) is 0.643. The first-order chi connectivity index (χ1) is 9.15. The van der Waals surface area contributed by atoms with Crippen LogP contribution in [0, 0.1) is 11.3 Å². The van der Waals surface area contributed by atoms with Crippen LogP contribution in [-0.4, -0.2) is 28.7 Å². The zero-order valence-corrected chi connectivity index (χ0v) is 11.6. The van der Waals surface area contributed by atoms with E-state index in [4.69, 9.17) is 0 Å². The molecule has 0 spiro atoms. The van der Waals surface area contributed by atoms with Gasteiger partial charge in [0.25, 0.3) is 0 Å². The Morgan fingerprint density at radius 3 is 2.63 bits per heavy atom. The van der Waals surface area contributed by atoms with Gasteiger partial charge in [-0.05, 0) is 46.2 Å². The van der Waals surface area contributed by atoms with Crippen LogP contribution in [-0.2, 0) is 6.42 Å². The number of nitriles is 1. The van der Waals surface area contributed by atoms with Crippen LogP contribution in [0.5, 0.6) is 0 Å². The monoisotopic (exact) mass is 260 g/mol. The van der Waals surface area contributed by atoms with Crippen LogP contribution < -0.4 is 5.32 Å². The number of Topliss-reactive ketones (excluding diaryl/α,β-unsaturated/α-hetero) is 1. The van der Waals surface area contributed by atoms with Crippen LogP contribution in [0.4, 0.5) is 0 Å². The average molecular weight is 260 g/mol. The quantitative estimate of drug-likeness (QED) is 0.836. The minimum absolute atomic E-state index is 0.0980. The highest BCUT2D eigenvalue weighted by atomic mass is 16.1. The first-order valence-electron chi connectivity index (χ1n) is 6.90. The van der Waals surface area contributed by atoms with E-state index in [2.05, 4.69) is 16.5 Å². The molecule has 0 saturated heterocycles. The maximum absolute atomic E-state index is 12.4. The van der Waals surface area contributed by atoms with Crippen LogP contribution in [0.25, 0.3) is 0 Å². The standard InChI is InChI=1S/C14H20N4O/c1-10(2)18-14-11(12(9-15)17-18)5-3-7-16-8-4-6-13(14)19/h10,16H,3-8H2,1-2H3. The Balaban J connectivity index is 2.49. The van der Waals surface area contributed by atoms with E-state index < -0.39 is 0 Å². The number of carbonyl (C=O) groups is 1. The van der Waals surface area contributed by atoms with Crippen molar-refractivity contribution in [3.05, 3.63) is 17.0 Å². The number of nitrogens with one attached hydrogen (secondary N) is 1. The van der Waals surface area contributed by atoms with Crippen molar-refractivity contribution in [1.29, 1.82) is 5.26 Å². The second-order valence-corrected chi connectivity index (χ2v) is 5.21. The fourth-order valence-electron chi connectivity index (χ4n) is 2.47. The number of carbonyl (C=O) groups excluding carboxylic acids is 1. The summed E-state index contributed by atoms with van der Waals surface area (Å²) in [7, 11) is 0. The molecule has 1 aromatic heterocycles. The molecule has 19 heavy (non-hydrogen) atoms. The minimum Gasteiger partial charge on any atom is -0.317 e. The fourth-order valence-corrected chi connectivity index (χ4v) is 2.47. The average Bonchev–Trinajstić information content (AvgIpc) is 2.76. The molecule has 2 heterocycles. The Morgan fingerprint density at radius 1 is 1.32 bits per heavy atom. The van der Waals surface area contributed by atoms with Gasteiger partial charge in [-0.3, -0.25) is 9.48 Å². The third-order valence-corrected chi connectivity index (χ3v) is 3.41. The largest absolute Gasteiger partial charge is 0.317 e. The Labute approximate surface area is 113 Å². The highest BCUT2D eigenvalue weighted by molar-refractivity contribution is 5.96. The summed E-state index contributed by atoms with van der Waals surface area (Å²) < 4.78 is 1.73. The van der Waals surface area contributed by atoms with E-state index in [0.717, 1.165) is 37.9 Å². The summed E-state index contributed by atoms with van der Waals surface area (Å²) in [5.74, 6) is 0.112. The molecular weight excluding hydrogens is 240 g/mol. The molecule has 0 amide bonds. The molecule has 1 N–H and O–H groups in total. The van der Waals surface area contributed by atoms with E-state index in [1.165, 1.54) is 0 Å². The smallest absolute Gasteiger partial charge is 0.181 e. The molecule has 5 nitrogen and oxygen atoms in total. The summed E-state index contributed by atoms with van der Waals surface area (Å²) in [5.41, 5.74) is 1.91. The van der Waals surface area contributed by atoms with E-state index >= 15 is 0 Å². The maximum Gasteiger partial charge on any atom is 0.181 e. The van der Waals surface area contributed by atoms with Gasteiger partial charge in [0.2, 0.25) is 0 Å². The van der Waals surface area contributed by atoms with Gasteiger partial charge in [0.05, 0.1) is 0 Å². The molecular formula is C14H20N4O. The minimum atomic E-state index is 0.0980. The molecule has 1 aliphatic heterocycles. The van der Waals surface area contributed by atoms with Crippen LogP contribution >= 0.6 is 0 Å². The van der Waals surface area contributed by atoms with E-state index in [1.807, 2.05) is 13.8 Å². The van der Waals surface area contributed by atoms with Gasteiger partial charge in [-0.2, -0.15) is 10.4 Å². The predicted octanol–water partition coefficient (Wildman–Crippen LogP) is 1.83. The van der Waals surface area contributed by atoms with Gasteiger partial charge in [-0.25, -0.2) is 0 Å². The Kier molecular flexibility index (Phi) is 4.33. The lowest BCUT2D eigenvalue weighted by Gasteiger charge is -2.13. The molecule has 0 aliphatic carbocycles. The summed E-state index contributed by atoms with van der Waals surface area (Å²) in [5, 5.41) is 16.8. The molecule has 0 aromatic carbocycles. The molecule has 0 atom stereocenters. The van der Waals surface area contributed by atoms with E-state index in [-0.39, 0.29) is 11.8 Å². The summed E-state index contributed by atoms with van der Waals surface area (Å²) in [6, 6.07) is 2.23. The number of fused-ring (bicyclic) bond motifs is 1. The number of aromatic nitrogens is 2. The van der Waals surface area contributed by atoms with E-state index in [1.54, 1.807) is 4.68 Å². The van der Waals surface area contributed by atoms with E-state index in [9.17, 15) is 10.1 Å². The van der Waals surface area contributed by atoms with E-state index in [0.29, 0.717) is 17.8 Å². The molecule has 5 heteroatoms. The van der Waals surface area contributed by atoms with Gasteiger partial charge in [-0.1, -0.05) is 0 Å². The van der Waals surface area contributed by atoms with Crippen molar-refractivity contribution in [2.75, 3.05) is 13.1 Å². The summed E-state index contributed by atoms with van der Waals surface area (Å²) in [6.07, 6.45) is 3.02. The lowest BCUT2D eigenvalue weighted by atomic mass is 10.0. The molecule has 0 bridgehead atoms. The Morgan fingerprint density at radius 2 is 2.00 bits per heavy atom. The van der Waals surface area contributed by atoms with Gasteiger partial charge in [0.1, 0.15) is 11.8 Å². The number of hydrogen-bond donors (Lipinski definition) is 1. The van der Waals surface area contributed by atoms with Crippen molar-refractivity contribution in [3.63, 3.8) is 0 Å². The normalized spacial score (nSPS) is 17.1. The lowest BCUT2D eigenvalue weighted by molar-refractivity contribution is 0.0966. The molecule has 0 radical (unpaired) electrons. The zero-order chi connectivity index (χ0) is 13.8. The van der Waals surface area contributed by atoms with Gasteiger partial charge in [0, 0.05) is 18.0 Å². The van der Waals surface area contributed by atoms with Crippen LogP contribution in [0.2, 0.25) is 0 Å². The van der Waals surface area contributed by atoms with Crippen molar-refractivity contribution in [3.8, 4) is 6.07 Å². The van der Waals surface area contributed by atoms with Crippen LogP contribution in [0.15, 0.2) is 0 Å². The second-order valence-electron chi connectivity index (χ2n) is 5.21. The molecule has 0 unspecified atom stereocenters.